The molecule has 3 N–H and O–H groups in total. The number of primary amides is 1. The molecule has 0 aliphatic carbocycles. The highest BCUT2D eigenvalue weighted by molar-refractivity contribution is 7.92. The molecule has 1 aliphatic heterocycles. The maximum absolute atomic E-state index is 12.6. The first-order chi connectivity index (χ1) is 13.8. The molecule has 1 heterocycles. The molecule has 3 rings (SSSR count). The van der Waals surface area contributed by atoms with Crippen molar-refractivity contribution in [2.24, 2.45) is 5.73 Å². The number of nitrogens with one attached hydrogen (secondary N) is 1. The molecule has 0 spiro atoms. The largest absolute Gasteiger partial charge is 0.486 e. The Balaban J connectivity index is 1.81. The quantitative estimate of drug-likeness (QED) is 0.697. The number of sulfonamides is 1. The van der Waals surface area contributed by atoms with Gasteiger partial charge in [0.25, 0.3) is 0 Å². The Bertz CT molecular complexity index is 1020. The number of rotatable bonds is 7. The van der Waals surface area contributed by atoms with Crippen LogP contribution in [0.3, 0.4) is 0 Å². The topological polar surface area (TPSA) is 128 Å². The van der Waals surface area contributed by atoms with Crippen molar-refractivity contribution in [2.45, 2.75) is 6.92 Å². The normalized spacial score (nSPS) is 12.9. The minimum absolute atomic E-state index is 0.179. The second-order valence-corrected chi connectivity index (χ2v) is 8.41. The van der Waals surface area contributed by atoms with Gasteiger partial charge in [0.2, 0.25) is 21.8 Å². The molecule has 1 aliphatic rings. The Labute approximate surface area is 168 Å². The van der Waals surface area contributed by atoms with Gasteiger partial charge in [0.05, 0.1) is 11.4 Å². The summed E-state index contributed by atoms with van der Waals surface area (Å²) in [5.41, 5.74) is 6.20. The highest BCUT2D eigenvalue weighted by Gasteiger charge is 2.25. The Morgan fingerprint density at radius 1 is 1.07 bits per heavy atom. The van der Waals surface area contributed by atoms with Gasteiger partial charge >= 0.3 is 0 Å². The molecule has 0 atom stereocenters. The van der Waals surface area contributed by atoms with E-state index in [2.05, 4.69) is 5.32 Å². The molecule has 2 amide bonds. The van der Waals surface area contributed by atoms with Crippen LogP contribution in [0, 0.1) is 0 Å². The van der Waals surface area contributed by atoms with Crippen LogP contribution in [0.4, 0.5) is 11.4 Å². The Kier molecular flexibility index (Phi) is 5.92. The van der Waals surface area contributed by atoms with E-state index in [1.54, 1.807) is 12.1 Å². The number of fused-ring (bicyclic) bond motifs is 1. The number of benzene rings is 2. The standard InChI is InChI=1S/C19H21N3O6S/c1-2-29(25,26)22(15-7-8-16-17(11-15)28-10-9-27-16)12-18(23)21-14-5-3-13(4-6-14)19(20)24/h3-8,11H,2,9-10,12H2,1H3,(H2,20,24)(H,21,23). The molecule has 0 saturated carbocycles. The summed E-state index contributed by atoms with van der Waals surface area (Å²) >= 11 is 0. The second kappa shape index (κ2) is 8.39. The number of hydrogen-bond donors (Lipinski definition) is 2. The van der Waals surface area contributed by atoms with Gasteiger partial charge < -0.3 is 20.5 Å². The number of hydrogen-bond acceptors (Lipinski definition) is 6. The summed E-state index contributed by atoms with van der Waals surface area (Å²) in [7, 11) is -3.73. The second-order valence-electron chi connectivity index (χ2n) is 6.22. The summed E-state index contributed by atoms with van der Waals surface area (Å²) in [4.78, 5) is 23.6. The van der Waals surface area contributed by atoms with Crippen molar-refractivity contribution in [3.63, 3.8) is 0 Å². The highest BCUT2D eigenvalue weighted by atomic mass is 32.2. The number of ether oxygens (including phenoxy) is 2. The minimum atomic E-state index is -3.73. The predicted molar refractivity (Wildman–Crippen MR) is 108 cm³/mol. The van der Waals surface area contributed by atoms with E-state index in [0.29, 0.717) is 41.7 Å². The fourth-order valence-electron chi connectivity index (χ4n) is 2.74. The predicted octanol–water partition coefficient (Wildman–Crippen LogP) is 1.35. The van der Waals surface area contributed by atoms with Gasteiger partial charge in [-0.1, -0.05) is 0 Å². The minimum Gasteiger partial charge on any atom is -0.486 e. The van der Waals surface area contributed by atoms with E-state index >= 15 is 0 Å². The van der Waals surface area contributed by atoms with Gasteiger partial charge in [0.1, 0.15) is 19.8 Å². The first-order valence-electron chi connectivity index (χ1n) is 8.90. The lowest BCUT2D eigenvalue weighted by molar-refractivity contribution is -0.114. The molecule has 0 aromatic heterocycles. The lowest BCUT2D eigenvalue weighted by atomic mass is 10.2. The summed E-state index contributed by atoms with van der Waals surface area (Å²) in [6.45, 7) is 1.85. The molecule has 154 valence electrons. The number of carbonyl (C=O) groups excluding carboxylic acids is 2. The van der Waals surface area contributed by atoms with Crippen molar-refractivity contribution in [1.29, 1.82) is 0 Å². The van der Waals surface area contributed by atoms with Gasteiger partial charge in [-0.25, -0.2) is 8.42 Å². The first kappa shape index (κ1) is 20.5. The van der Waals surface area contributed by atoms with E-state index in [-0.39, 0.29) is 5.75 Å². The van der Waals surface area contributed by atoms with Crippen LogP contribution in [0.5, 0.6) is 11.5 Å². The number of amides is 2. The van der Waals surface area contributed by atoms with Crippen LogP contribution in [0.2, 0.25) is 0 Å². The zero-order valence-electron chi connectivity index (χ0n) is 15.8. The summed E-state index contributed by atoms with van der Waals surface area (Å²) in [6.07, 6.45) is 0. The SMILES string of the molecule is CCS(=O)(=O)N(CC(=O)Nc1ccc(C(N)=O)cc1)c1ccc2c(c1)OCCO2. The third kappa shape index (κ3) is 4.77. The van der Waals surface area contributed by atoms with Crippen LogP contribution in [-0.2, 0) is 14.8 Å². The number of carbonyl (C=O) groups is 2. The third-order valence-corrected chi connectivity index (χ3v) is 6.00. The van der Waals surface area contributed by atoms with Crippen molar-refractivity contribution in [3.8, 4) is 11.5 Å². The van der Waals surface area contributed by atoms with Gasteiger partial charge in [0.15, 0.2) is 11.5 Å². The van der Waals surface area contributed by atoms with E-state index in [9.17, 15) is 18.0 Å². The Morgan fingerprint density at radius 2 is 1.72 bits per heavy atom. The van der Waals surface area contributed by atoms with Crippen molar-refractivity contribution in [3.05, 3.63) is 48.0 Å². The maximum atomic E-state index is 12.6. The Hall–Kier alpha value is -3.27. The van der Waals surface area contributed by atoms with Crippen LogP contribution >= 0.6 is 0 Å². The average molecular weight is 419 g/mol. The van der Waals surface area contributed by atoms with E-state index in [0.717, 1.165) is 4.31 Å². The Morgan fingerprint density at radius 3 is 2.34 bits per heavy atom. The van der Waals surface area contributed by atoms with E-state index < -0.39 is 28.4 Å². The molecule has 2 aromatic carbocycles. The summed E-state index contributed by atoms with van der Waals surface area (Å²) in [6, 6.07) is 10.7. The summed E-state index contributed by atoms with van der Waals surface area (Å²) in [5.74, 6) is -0.354. The number of nitrogens with two attached hydrogens (primary N) is 1. The molecule has 9 nitrogen and oxygen atoms in total. The lowest BCUT2D eigenvalue weighted by Gasteiger charge is -2.25. The number of anilines is 2. The zero-order valence-corrected chi connectivity index (χ0v) is 16.6. The van der Waals surface area contributed by atoms with Crippen molar-refractivity contribution >= 4 is 33.2 Å². The molecule has 0 radical (unpaired) electrons. The van der Waals surface area contributed by atoms with E-state index in [1.807, 2.05) is 0 Å². The fourth-order valence-corrected chi connectivity index (χ4v) is 3.80. The van der Waals surface area contributed by atoms with Gasteiger partial charge in [-0.15, -0.1) is 0 Å². The number of nitrogens with zero attached hydrogens (tertiary/aromatic N) is 1. The third-order valence-electron chi connectivity index (χ3n) is 4.25. The van der Waals surface area contributed by atoms with Crippen LogP contribution in [0.15, 0.2) is 42.5 Å². The molecule has 0 bridgehead atoms. The summed E-state index contributed by atoms with van der Waals surface area (Å²) in [5, 5.41) is 2.61. The summed E-state index contributed by atoms with van der Waals surface area (Å²) < 4.78 is 37.2. The molecule has 0 unspecified atom stereocenters. The van der Waals surface area contributed by atoms with Crippen LogP contribution < -0.4 is 24.8 Å². The maximum Gasteiger partial charge on any atom is 0.248 e. The van der Waals surface area contributed by atoms with Crippen LogP contribution in [0.25, 0.3) is 0 Å². The molecule has 10 heteroatoms. The smallest absolute Gasteiger partial charge is 0.248 e. The molecular weight excluding hydrogens is 398 g/mol. The van der Waals surface area contributed by atoms with Crippen molar-refractivity contribution in [1.82, 2.24) is 0 Å². The van der Waals surface area contributed by atoms with Gasteiger partial charge in [-0.2, -0.15) is 0 Å². The van der Waals surface area contributed by atoms with E-state index in [1.165, 1.54) is 37.3 Å². The molecule has 2 aromatic rings. The molecule has 0 fully saturated rings. The van der Waals surface area contributed by atoms with Gasteiger partial charge in [-0.05, 0) is 43.3 Å². The zero-order chi connectivity index (χ0) is 21.0. The van der Waals surface area contributed by atoms with Gasteiger partial charge in [-0.3, -0.25) is 13.9 Å². The molecular formula is C19H21N3O6S. The van der Waals surface area contributed by atoms with Crippen LogP contribution in [-0.4, -0.2) is 45.7 Å². The van der Waals surface area contributed by atoms with Crippen LogP contribution in [0.1, 0.15) is 17.3 Å². The fraction of sp³-hybridized carbons (Fsp3) is 0.263. The highest BCUT2D eigenvalue weighted by Crippen LogP contribution is 2.34. The monoisotopic (exact) mass is 419 g/mol. The van der Waals surface area contributed by atoms with Crippen molar-refractivity contribution < 1.29 is 27.5 Å². The van der Waals surface area contributed by atoms with E-state index in [4.69, 9.17) is 15.2 Å². The van der Waals surface area contributed by atoms with Crippen molar-refractivity contribution in [2.75, 3.05) is 35.1 Å². The van der Waals surface area contributed by atoms with Gasteiger partial charge in [0, 0.05) is 17.3 Å². The first-order valence-corrected chi connectivity index (χ1v) is 10.5. The lowest BCUT2D eigenvalue weighted by Crippen LogP contribution is -2.39. The molecule has 0 saturated heterocycles. The molecule has 29 heavy (non-hydrogen) atoms. The average Bonchev–Trinajstić information content (AvgIpc) is 2.72.